The van der Waals surface area contributed by atoms with Gasteiger partial charge in [0.25, 0.3) is 0 Å². The number of nitrogens with one attached hydrogen (secondary N) is 1. The molecule has 25 heavy (non-hydrogen) atoms. The lowest BCUT2D eigenvalue weighted by molar-refractivity contribution is -0.117. The number of carbonyl (C=O) groups is 2. The smallest absolute Gasteiger partial charge is 0.227 e. The zero-order chi connectivity index (χ0) is 17.8. The van der Waals surface area contributed by atoms with Gasteiger partial charge in [-0.3, -0.25) is 9.59 Å². The third-order valence-corrected chi connectivity index (χ3v) is 5.33. The number of aromatic nitrogens is 2. The number of rotatable bonds is 6. The Morgan fingerprint density at radius 3 is 2.92 bits per heavy atom. The van der Waals surface area contributed by atoms with Gasteiger partial charge in [-0.25, -0.2) is 0 Å². The summed E-state index contributed by atoms with van der Waals surface area (Å²) in [5, 5.41) is 12.4. The van der Waals surface area contributed by atoms with Crippen LogP contribution in [0.5, 0.6) is 0 Å². The highest BCUT2D eigenvalue weighted by molar-refractivity contribution is 7.15. The van der Waals surface area contributed by atoms with Crippen molar-refractivity contribution in [2.45, 2.75) is 45.4 Å². The van der Waals surface area contributed by atoms with Crippen molar-refractivity contribution in [2.24, 2.45) is 0 Å². The zero-order valence-electron chi connectivity index (χ0n) is 14.5. The van der Waals surface area contributed by atoms with E-state index in [4.69, 9.17) is 0 Å². The summed E-state index contributed by atoms with van der Waals surface area (Å²) < 4.78 is 0. The van der Waals surface area contributed by atoms with Crippen molar-refractivity contribution >= 4 is 34.0 Å². The second-order valence-corrected chi connectivity index (χ2v) is 7.30. The number of carbonyl (C=O) groups excluding carboxylic acids is 2. The summed E-state index contributed by atoms with van der Waals surface area (Å²) in [7, 11) is 0. The Morgan fingerprint density at radius 1 is 1.36 bits per heavy atom. The molecular formula is C18H22N4O2S. The molecule has 1 fully saturated rings. The van der Waals surface area contributed by atoms with E-state index in [1.807, 2.05) is 43.0 Å². The molecule has 2 heterocycles. The van der Waals surface area contributed by atoms with Gasteiger partial charge in [-0.2, -0.15) is 0 Å². The van der Waals surface area contributed by atoms with E-state index >= 15 is 0 Å². The lowest BCUT2D eigenvalue weighted by Gasteiger charge is -2.18. The molecule has 1 aromatic heterocycles. The molecule has 1 aliphatic rings. The Bertz CT molecular complexity index is 774. The highest BCUT2D eigenvalue weighted by atomic mass is 32.1. The first-order valence-corrected chi connectivity index (χ1v) is 9.39. The number of aryl methyl sites for hydroxylation is 1. The fourth-order valence-corrected chi connectivity index (χ4v) is 3.79. The van der Waals surface area contributed by atoms with Gasteiger partial charge in [0, 0.05) is 31.0 Å². The average molecular weight is 358 g/mol. The van der Waals surface area contributed by atoms with Crippen LogP contribution in [0.1, 0.15) is 49.1 Å². The highest BCUT2D eigenvalue weighted by Gasteiger charge is 2.34. The van der Waals surface area contributed by atoms with Gasteiger partial charge in [-0.1, -0.05) is 42.9 Å². The first-order valence-electron chi connectivity index (χ1n) is 8.57. The molecule has 1 aromatic carbocycles. The molecule has 7 heteroatoms. The van der Waals surface area contributed by atoms with E-state index in [1.165, 1.54) is 11.3 Å². The van der Waals surface area contributed by atoms with Gasteiger partial charge >= 0.3 is 0 Å². The maximum Gasteiger partial charge on any atom is 0.227 e. The predicted octanol–water partition coefficient (Wildman–Crippen LogP) is 3.50. The van der Waals surface area contributed by atoms with E-state index in [-0.39, 0.29) is 17.7 Å². The molecule has 6 nitrogen and oxygen atoms in total. The van der Waals surface area contributed by atoms with Crippen molar-refractivity contribution < 1.29 is 9.59 Å². The maximum atomic E-state index is 12.4. The normalized spacial score (nSPS) is 17.1. The van der Waals surface area contributed by atoms with Crippen molar-refractivity contribution in [1.82, 2.24) is 10.2 Å². The molecule has 132 valence electrons. The topological polar surface area (TPSA) is 75.2 Å². The maximum absolute atomic E-state index is 12.4. The number of amides is 2. The van der Waals surface area contributed by atoms with Gasteiger partial charge < -0.3 is 10.2 Å². The van der Waals surface area contributed by atoms with Gasteiger partial charge in [0.1, 0.15) is 5.01 Å². The molecular weight excluding hydrogens is 336 g/mol. The van der Waals surface area contributed by atoms with Crippen LogP contribution in [0.3, 0.4) is 0 Å². The second kappa shape index (κ2) is 7.74. The summed E-state index contributed by atoms with van der Waals surface area (Å²) in [6.07, 6.45) is 2.76. The lowest BCUT2D eigenvalue weighted by Crippen LogP contribution is -2.25. The Balaban J connectivity index is 1.67. The third-order valence-electron chi connectivity index (χ3n) is 4.32. The predicted molar refractivity (Wildman–Crippen MR) is 99.0 cm³/mol. The fourth-order valence-electron chi connectivity index (χ4n) is 2.94. The number of hydrogen-bond donors (Lipinski definition) is 1. The second-order valence-electron chi connectivity index (χ2n) is 6.29. The van der Waals surface area contributed by atoms with E-state index < -0.39 is 0 Å². The van der Waals surface area contributed by atoms with Crippen LogP contribution < -0.4 is 10.2 Å². The third kappa shape index (κ3) is 4.04. The van der Waals surface area contributed by atoms with Crippen LogP contribution in [0.25, 0.3) is 0 Å². The first kappa shape index (κ1) is 17.5. The molecule has 2 amide bonds. The van der Waals surface area contributed by atoms with Crippen molar-refractivity contribution in [3.8, 4) is 0 Å². The van der Waals surface area contributed by atoms with Crippen LogP contribution in [0.2, 0.25) is 0 Å². The molecule has 0 aliphatic carbocycles. The van der Waals surface area contributed by atoms with Gasteiger partial charge in [0.2, 0.25) is 16.9 Å². The van der Waals surface area contributed by atoms with Crippen LogP contribution in [-0.4, -0.2) is 28.6 Å². The summed E-state index contributed by atoms with van der Waals surface area (Å²) in [6.45, 7) is 4.65. The van der Waals surface area contributed by atoms with Gasteiger partial charge in [0.05, 0.1) is 0 Å². The van der Waals surface area contributed by atoms with Crippen LogP contribution >= 0.6 is 11.3 Å². The Morgan fingerprint density at radius 2 is 2.16 bits per heavy atom. The minimum Gasteiger partial charge on any atom is -0.311 e. The van der Waals surface area contributed by atoms with E-state index in [9.17, 15) is 9.59 Å². The average Bonchev–Trinajstić information content (AvgIpc) is 3.20. The number of unbranched alkanes of at least 4 members (excludes halogenated alkanes) is 1. The standard InChI is InChI=1S/C18H22N4O2S/c1-3-4-9-15(23)19-18-21-20-17(25-18)13-10-16(24)22(11-13)14-8-6-5-7-12(14)2/h5-8,13H,3-4,9-11H2,1-2H3,(H,19,21,23). The number of benzene rings is 1. The van der Waals surface area contributed by atoms with Crippen LogP contribution in [0.15, 0.2) is 24.3 Å². The fraction of sp³-hybridized carbons (Fsp3) is 0.444. The van der Waals surface area contributed by atoms with Gasteiger partial charge in [-0.05, 0) is 25.0 Å². The number of para-hydroxylation sites is 1. The first-order chi connectivity index (χ1) is 12.1. The van der Waals surface area contributed by atoms with Crippen LogP contribution in [0, 0.1) is 6.92 Å². The minimum atomic E-state index is -0.0337. The largest absolute Gasteiger partial charge is 0.311 e. The number of hydrogen-bond acceptors (Lipinski definition) is 5. The van der Waals surface area contributed by atoms with Crippen molar-refractivity contribution in [1.29, 1.82) is 0 Å². The summed E-state index contributed by atoms with van der Waals surface area (Å²) in [4.78, 5) is 26.0. The molecule has 1 N–H and O–H groups in total. The SMILES string of the molecule is CCCCC(=O)Nc1nnc(C2CC(=O)N(c3ccccc3C)C2)s1. The monoisotopic (exact) mass is 358 g/mol. The number of nitrogens with zero attached hydrogens (tertiary/aromatic N) is 3. The molecule has 1 saturated heterocycles. The molecule has 1 atom stereocenters. The quantitative estimate of drug-likeness (QED) is 0.857. The van der Waals surface area contributed by atoms with E-state index in [2.05, 4.69) is 15.5 Å². The highest BCUT2D eigenvalue weighted by Crippen LogP contribution is 2.35. The zero-order valence-corrected chi connectivity index (χ0v) is 15.3. The molecule has 1 unspecified atom stereocenters. The van der Waals surface area contributed by atoms with Gasteiger partial charge in [0.15, 0.2) is 0 Å². The van der Waals surface area contributed by atoms with Crippen LogP contribution in [0.4, 0.5) is 10.8 Å². The molecule has 0 radical (unpaired) electrons. The van der Waals surface area contributed by atoms with E-state index in [0.717, 1.165) is 29.1 Å². The van der Waals surface area contributed by atoms with Crippen LogP contribution in [-0.2, 0) is 9.59 Å². The molecule has 0 bridgehead atoms. The number of anilines is 2. The summed E-state index contributed by atoms with van der Waals surface area (Å²) >= 11 is 1.36. The van der Waals surface area contributed by atoms with Gasteiger partial charge in [-0.15, -0.1) is 10.2 Å². The molecule has 0 saturated carbocycles. The Kier molecular flexibility index (Phi) is 5.43. The molecule has 1 aliphatic heterocycles. The Hall–Kier alpha value is -2.28. The van der Waals surface area contributed by atoms with Crippen molar-refractivity contribution in [3.63, 3.8) is 0 Å². The lowest BCUT2D eigenvalue weighted by atomic mass is 10.1. The summed E-state index contributed by atoms with van der Waals surface area (Å²) in [6, 6.07) is 7.88. The molecule has 3 rings (SSSR count). The molecule has 0 spiro atoms. The summed E-state index contributed by atoms with van der Waals surface area (Å²) in [5.41, 5.74) is 2.03. The van der Waals surface area contributed by atoms with E-state index in [1.54, 1.807) is 0 Å². The van der Waals surface area contributed by atoms with Crippen molar-refractivity contribution in [3.05, 3.63) is 34.8 Å². The Labute approximate surface area is 151 Å². The minimum absolute atomic E-state index is 0.0194. The summed E-state index contributed by atoms with van der Waals surface area (Å²) in [5.74, 6) is 0.0857. The molecule has 2 aromatic rings. The van der Waals surface area contributed by atoms with Crippen molar-refractivity contribution in [2.75, 3.05) is 16.8 Å². The van der Waals surface area contributed by atoms with E-state index in [0.29, 0.717) is 24.5 Å².